The van der Waals surface area contributed by atoms with E-state index >= 15 is 0 Å². The summed E-state index contributed by atoms with van der Waals surface area (Å²) in [5, 5.41) is 6.14. The van der Waals surface area contributed by atoms with Crippen LogP contribution in [0.2, 0.25) is 0 Å². The lowest BCUT2D eigenvalue weighted by atomic mass is 10.1. The largest absolute Gasteiger partial charge is 0.484 e. The highest BCUT2D eigenvalue weighted by Crippen LogP contribution is 2.14. The molecule has 0 aliphatic rings. The van der Waals surface area contributed by atoms with E-state index in [2.05, 4.69) is 10.5 Å². The lowest BCUT2D eigenvalue weighted by Crippen LogP contribution is -2.21. The zero-order valence-corrected chi connectivity index (χ0v) is 14.1. The second-order valence-corrected chi connectivity index (χ2v) is 6.01. The highest BCUT2D eigenvalue weighted by Gasteiger charge is 2.06. The summed E-state index contributed by atoms with van der Waals surface area (Å²) in [7, 11) is 0. The standard InChI is InChI=1S/C17H19N3O3S/c1-2-15(19-20-17(22)10-14-4-3-9-24-14)12-5-7-13(8-6-12)23-11-16(18)21/h3-9H,2,10-11H2,1H3,(H2,18,21)(H,20,22)/b19-15-. The first-order valence-corrected chi connectivity index (χ1v) is 8.35. The lowest BCUT2D eigenvalue weighted by Gasteiger charge is -2.07. The minimum atomic E-state index is -0.525. The topological polar surface area (TPSA) is 93.8 Å². The number of thiophene rings is 1. The number of hydrogen-bond acceptors (Lipinski definition) is 5. The van der Waals surface area contributed by atoms with Gasteiger partial charge in [0.15, 0.2) is 6.61 Å². The van der Waals surface area contributed by atoms with E-state index in [4.69, 9.17) is 10.5 Å². The van der Waals surface area contributed by atoms with Crippen molar-refractivity contribution in [2.45, 2.75) is 19.8 Å². The van der Waals surface area contributed by atoms with Gasteiger partial charge in [-0.05, 0) is 47.7 Å². The highest BCUT2D eigenvalue weighted by molar-refractivity contribution is 7.10. The molecular weight excluding hydrogens is 326 g/mol. The third-order valence-electron chi connectivity index (χ3n) is 3.13. The van der Waals surface area contributed by atoms with Crippen LogP contribution in [0, 0.1) is 0 Å². The van der Waals surface area contributed by atoms with Crippen molar-refractivity contribution in [3.8, 4) is 5.75 Å². The van der Waals surface area contributed by atoms with Gasteiger partial charge in [-0.25, -0.2) is 5.43 Å². The van der Waals surface area contributed by atoms with Gasteiger partial charge in [0, 0.05) is 4.88 Å². The normalized spacial score (nSPS) is 11.1. The summed E-state index contributed by atoms with van der Waals surface area (Å²) in [6.07, 6.45) is 0.985. The van der Waals surface area contributed by atoms with Gasteiger partial charge in [-0.15, -0.1) is 11.3 Å². The predicted octanol–water partition coefficient (Wildman–Crippen LogP) is 2.09. The van der Waals surface area contributed by atoms with Crippen molar-refractivity contribution in [3.05, 3.63) is 52.2 Å². The van der Waals surface area contributed by atoms with Gasteiger partial charge in [0.2, 0.25) is 5.91 Å². The van der Waals surface area contributed by atoms with Gasteiger partial charge in [-0.3, -0.25) is 9.59 Å². The molecule has 0 atom stereocenters. The molecule has 0 saturated heterocycles. The van der Waals surface area contributed by atoms with Crippen LogP contribution in [0.5, 0.6) is 5.75 Å². The van der Waals surface area contributed by atoms with Gasteiger partial charge in [0.25, 0.3) is 5.91 Å². The number of hydrazone groups is 1. The molecule has 7 heteroatoms. The van der Waals surface area contributed by atoms with E-state index < -0.39 is 5.91 Å². The average Bonchev–Trinajstić information content (AvgIpc) is 3.07. The molecular formula is C17H19N3O3S. The maximum atomic E-state index is 11.9. The van der Waals surface area contributed by atoms with Gasteiger partial charge in [-0.2, -0.15) is 5.10 Å². The Kier molecular flexibility index (Phi) is 6.51. The van der Waals surface area contributed by atoms with E-state index in [1.54, 1.807) is 12.1 Å². The molecule has 0 unspecified atom stereocenters. The number of primary amides is 1. The van der Waals surface area contributed by atoms with Crippen LogP contribution in [0.1, 0.15) is 23.8 Å². The van der Waals surface area contributed by atoms with E-state index in [0.29, 0.717) is 18.6 Å². The monoisotopic (exact) mass is 345 g/mol. The molecule has 1 aromatic carbocycles. The summed E-state index contributed by atoms with van der Waals surface area (Å²) < 4.78 is 5.21. The number of nitrogens with two attached hydrogens (primary N) is 1. The van der Waals surface area contributed by atoms with E-state index in [1.807, 2.05) is 36.6 Å². The van der Waals surface area contributed by atoms with E-state index in [-0.39, 0.29) is 12.5 Å². The van der Waals surface area contributed by atoms with Crippen molar-refractivity contribution in [2.24, 2.45) is 10.8 Å². The number of carbonyl (C=O) groups is 2. The van der Waals surface area contributed by atoms with Crippen LogP contribution in [0.15, 0.2) is 46.9 Å². The summed E-state index contributed by atoms with van der Waals surface area (Å²) in [6, 6.07) is 10.9. The van der Waals surface area contributed by atoms with E-state index in [1.165, 1.54) is 11.3 Å². The second kappa shape index (κ2) is 8.83. The van der Waals surface area contributed by atoms with Gasteiger partial charge in [0.1, 0.15) is 5.75 Å². The number of nitrogens with zero attached hydrogens (tertiary/aromatic N) is 1. The number of rotatable bonds is 8. The summed E-state index contributed by atoms with van der Waals surface area (Å²) in [4.78, 5) is 23.6. The number of carbonyl (C=O) groups excluding carboxylic acids is 2. The Morgan fingerprint density at radius 1 is 1.25 bits per heavy atom. The minimum absolute atomic E-state index is 0.148. The van der Waals surface area contributed by atoms with Crippen molar-refractivity contribution in [2.75, 3.05) is 6.61 Å². The molecule has 0 spiro atoms. The van der Waals surface area contributed by atoms with Crippen LogP contribution < -0.4 is 15.9 Å². The molecule has 0 radical (unpaired) electrons. The quantitative estimate of drug-likeness (QED) is 0.566. The Morgan fingerprint density at radius 2 is 2.00 bits per heavy atom. The lowest BCUT2D eigenvalue weighted by molar-refractivity contribution is -0.121. The summed E-state index contributed by atoms with van der Waals surface area (Å²) >= 11 is 1.54. The molecule has 0 aliphatic heterocycles. The fraction of sp³-hybridized carbons (Fsp3) is 0.235. The number of ether oxygens (including phenoxy) is 1. The molecule has 3 N–H and O–H groups in total. The summed E-state index contributed by atoms with van der Waals surface area (Å²) in [6.45, 7) is 1.80. The molecule has 2 rings (SSSR count). The first-order chi connectivity index (χ1) is 11.6. The Hall–Kier alpha value is -2.67. The number of hydrogen-bond donors (Lipinski definition) is 2. The van der Waals surface area contributed by atoms with Crippen molar-refractivity contribution in [1.82, 2.24) is 5.43 Å². The second-order valence-electron chi connectivity index (χ2n) is 4.98. The Labute approximate surface area is 144 Å². The first-order valence-electron chi connectivity index (χ1n) is 7.47. The van der Waals surface area contributed by atoms with Crippen LogP contribution >= 0.6 is 11.3 Å². The van der Waals surface area contributed by atoms with Gasteiger partial charge in [-0.1, -0.05) is 13.0 Å². The number of amides is 2. The molecule has 1 heterocycles. The molecule has 126 valence electrons. The van der Waals surface area contributed by atoms with Gasteiger partial charge >= 0.3 is 0 Å². The fourth-order valence-corrected chi connectivity index (χ4v) is 2.69. The van der Waals surface area contributed by atoms with Crippen molar-refractivity contribution in [1.29, 1.82) is 0 Å². The highest BCUT2D eigenvalue weighted by atomic mass is 32.1. The summed E-state index contributed by atoms with van der Waals surface area (Å²) in [5.41, 5.74) is 9.26. The molecule has 1 aromatic heterocycles. The third kappa shape index (κ3) is 5.51. The Bertz CT molecular complexity index is 709. The van der Waals surface area contributed by atoms with Crippen LogP contribution in [0.4, 0.5) is 0 Å². The van der Waals surface area contributed by atoms with E-state index in [9.17, 15) is 9.59 Å². The molecule has 0 aliphatic carbocycles. The van der Waals surface area contributed by atoms with E-state index in [0.717, 1.165) is 16.2 Å². The molecule has 0 bridgehead atoms. The molecule has 0 fully saturated rings. The smallest absolute Gasteiger partial charge is 0.255 e. The van der Waals surface area contributed by atoms with Gasteiger partial charge < -0.3 is 10.5 Å². The van der Waals surface area contributed by atoms with Crippen LogP contribution in [0.25, 0.3) is 0 Å². The average molecular weight is 345 g/mol. The SMILES string of the molecule is CC/C(=N/NC(=O)Cc1cccs1)c1ccc(OCC(N)=O)cc1. The first kappa shape index (κ1) is 17.7. The zero-order chi connectivity index (χ0) is 17.4. The Morgan fingerprint density at radius 3 is 2.58 bits per heavy atom. The van der Waals surface area contributed by atoms with Crippen molar-refractivity contribution >= 4 is 28.9 Å². The van der Waals surface area contributed by atoms with Crippen molar-refractivity contribution < 1.29 is 14.3 Å². The number of benzene rings is 1. The molecule has 0 saturated carbocycles. The third-order valence-corrected chi connectivity index (χ3v) is 4.01. The van der Waals surface area contributed by atoms with Crippen LogP contribution in [-0.2, 0) is 16.0 Å². The fourth-order valence-electron chi connectivity index (χ4n) is 1.99. The molecule has 24 heavy (non-hydrogen) atoms. The Balaban J connectivity index is 1.96. The summed E-state index contributed by atoms with van der Waals surface area (Å²) in [5.74, 6) is -0.122. The zero-order valence-electron chi connectivity index (χ0n) is 13.3. The van der Waals surface area contributed by atoms with Crippen LogP contribution in [-0.4, -0.2) is 24.1 Å². The number of nitrogens with one attached hydrogen (secondary N) is 1. The van der Waals surface area contributed by atoms with Crippen LogP contribution in [0.3, 0.4) is 0 Å². The van der Waals surface area contributed by atoms with Crippen molar-refractivity contribution in [3.63, 3.8) is 0 Å². The molecule has 2 amide bonds. The molecule has 6 nitrogen and oxygen atoms in total. The minimum Gasteiger partial charge on any atom is -0.484 e. The maximum absolute atomic E-state index is 11.9. The molecule has 2 aromatic rings. The maximum Gasteiger partial charge on any atom is 0.255 e. The predicted molar refractivity (Wildman–Crippen MR) is 94.1 cm³/mol. The van der Waals surface area contributed by atoms with Gasteiger partial charge in [0.05, 0.1) is 12.1 Å².